The average molecular weight is 197 g/mol. The summed E-state index contributed by atoms with van der Waals surface area (Å²) in [7, 11) is 0. The zero-order valence-electron chi connectivity index (χ0n) is 10.4. The smallest absolute Gasteiger partial charge is 0.0417 e. The van der Waals surface area contributed by atoms with Gasteiger partial charge in [-0.1, -0.05) is 85.0 Å². The molecule has 0 nitrogen and oxygen atoms in total. The molecule has 0 aromatic carbocycles. The average Bonchev–Trinajstić information content (AvgIpc) is 2.22. The maximum absolute atomic E-state index is 4.00. The third-order valence-corrected chi connectivity index (χ3v) is 3.20. The van der Waals surface area contributed by atoms with Gasteiger partial charge in [-0.15, -0.1) is 0 Å². The lowest BCUT2D eigenvalue weighted by Crippen LogP contribution is -1.96. The van der Waals surface area contributed by atoms with Crippen molar-refractivity contribution in [1.29, 1.82) is 0 Å². The van der Waals surface area contributed by atoms with E-state index in [9.17, 15) is 0 Å². The van der Waals surface area contributed by atoms with Crippen LogP contribution >= 0.6 is 0 Å². The van der Waals surface area contributed by atoms with E-state index in [1.165, 1.54) is 57.8 Å². The van der Waals surface area contributed by atoms with Crippen LogP contribution in [0.2, 0.25) is 0 Å². The first-order valence-corrected chi connectivity index (χ1v) is 6.64. The molecule has 0 heterocycles. The molecule has 0 aliphatic carbocycles. The first kappa shape index (κ1) is 14.0. The van der Waals surface area contributed by atoms with E-state index in [0.29, 0.717) is 0 Å². The summed E-state index contributed by atoms with van der Waals surface area (Å²) in [4.78, 5) is 0. The van der Waals surface area contributed by atoms with Crippen LogP contribution in [0.15, 0.2) is 0 Å². The van der Waals surface area contributed by atoms with E-state index >= 15 is 0 Å². The molecule has 0 N–H and O–H groups in total. The van der Waals surface area contributed by atoms with Crippen LogP contribution in [0.4, 0.5) is 0 Å². The summed E-state index contributed by atoms with van der Waals surface area (Å²) < 4.78 is 0. The number of unbranched alkanes of at least 4 members (excludes halogenated alkanes) is 6. The lowest BCUT2D eigenvalue weighted by atomic mass is 9.96. The monoisotopic (exact) mass is 197 g/mol. The molecule has 14 heavy (non-hydrogen) atoms. The number of hydrogen-bond donors (Lipinski definition) is 0. The van der Waals surface area contributed by atoms with Crippen LogP contribution < -0.4 is 0 Å². The molecule has 0 aromatic rings. The quantitative estimate of drug-likeness (QED) is 0.413. The van der Waals surface area contributed by atoms with E-state index in [2.05, 4.69) is 20.8 Å². The maximum Gasteiger partial charge on any atom is -0.0417 e. The first-order chi connectivity index (χ1) is 6.85. The zero-order valence-corrected chi connectivity index (χ0v) is 10.4. The third-order valence-electron chi connectivity index (χ3n) is 3.20. The fourth-order valence-electron chi connectivity index (χ4n) is 1.94. The fourth-order valence-corrected chi connectivity index (χ4v) is 1.94. The van der Waals surface area contributed by atoms with Crippen LogP contribution in [0.25, 0.3) is 0 Å². The molecule has 0 heteroatoms. The predicted molar refractivity (Wildman–Crippen MR) is 66.4 cm³/mol. The molecule has 85 valence electrons. The summed E-state index contributed by atoms with van der Waals surface area (Å²) in [6.07, 6.45) is 13.9. The largest absolute Gasteiger partial charge is 0.0654 e. The molecule has 1 radical (unpaired) electrons. The Morgan fingerprint density at radius 1 is 0.857 bits per heavy atom. The Morgan fingerprint density at radius 3 is 1.93 bits per heavy atom. The van der Waals surface area contributed by atoms with Gasteiger partial charge >= 0.3 is 0 Å². The van der Waals surface area contributed by atoms with Gasteiger partial charge in [0.05, 0.1) is 0 Å². The minimum atomic E-state index is 0.894. The van der Waals surface area contributed by atoms with Gasteiger partial charge in [-0.25, -0.2) is 0 Å². The van der Waals surface area contributed by atoms with Gasteiger partial charge in [0.15, 0.2) is 0 Å². The maximum atomic E-state index is 4.00. The Balaban J connectivity index is 3.04. The normalized spacial score (nSPS) is 11.1. The highest BCUT2D eigenvalue weighted by molar-refractivity contribution is 4.58. The van der Waals surface area contributed by atoms with E-state index in [1.54, 1.807) is 0 Å². The molecule has 1 unspecified atom stereocenters. The van der Waals surface area contributed by atoms with Gasteiger partial charge in [0.2, 0.25) is 0 Å². The van der Waals surface area contributed by atoms with Crippen molar-refractivity contribution >= 4 is 0 Å². The van der Waals surface area contributed by atoms with E-state index in [-0.39, 0.29) is 0 Å². The van der Waals surface area contributed by atoms with Crippen LogP contribution in [0.3, 0.4) is 0 Å². The van der Waals surface area contributed by atoms with Crippen molar-refractivity contribution in [3.8, 4) is 0 Å². The summed E-state index contributed by atoms with van der Waals surface area (Å²) in [5, 5.41) is 0. The van der Waals surface area contributed by atoms with E-state index in [4.69, 9.17) is 0 Å². The summed E-state index contributed by atoms with van der Waals surface area (Å²) in [5.41, 5.74) is 0. The van der Waals surface area contributed by atoms with Gasteiger partial charge in [-0.2, -0.15) is 0 Å². The second-order valence-corrected chi connectivity index (χ2v) is 4.47. The topological polar surface area (TPSA) is 0 Å². The molecule has 0 aliphatic rings. The second-order valence-electron chi connectivity index (χ2n) is 4.47. The molecule has 0 rings (SSSR count). The molecule has 0 saturated heterocycles. The summed E-state index contributed by atoms with van der Waals surface area (Å²) >= 11 is 0. The van der Waals surface area contributed by atoms with Crippen molar-refractivity contribution in [3.05, 3.63) is 6.92 Å². The van der Waals surface area contributed by atoms with E-state index in [0.717, 1.165) is 12.3 Å². The standard InChI is InChI=1S/C14H29/c1-4-7-8-9-10-11-12-13-14(5-2)6-3/h14H,2,4-13H2,1,3H3. The highest BCUT2D eigenvalue weighted by atomic mass is 14.1. The van der Waals surface area contributed by atoms with Crippen molar-refractivity contribution in [2.75, 3.05) is 0 Å². The molecule has 0 bridgehead atoms. The predicted octanol–water partition coefficient (Wildman–Crippen LogP) is 5.38. The molecule has 0 aromatic heterocycles. The molecule has 0 amide bonds. The van der Waals surface area contributed by atoms with Crippen LogP contribution in [0.5, 0.6) is 0 Å². The van der Waals surface area contributed by atoms with Crippen LogP contribution in [0, 0.1) is 12.8 Å². The molecule has 0 aliphatic heterocycles. The van der Waals surface area contributed by atoms with Gasteiger partial charge < -0.3 is 0 Å². The van der Waals surface area contributed by atoms with Crippen molar-refractivity contribution < 1.29 is 0 Å². The van der Waals surface area contributed by atoms with Crippen molar-refractivity contribution in [1.82, 2.24) is 0 Å². The van der Waals surface area contributed by atoms with E-state index < -0.39 is 0 Å². The highest BCUT2D eigenvalue weighted by Crippen LogP contribution is 2.17. The Kier molecular flexibility index (Phi) is 11.1. The number of rotatable bonds is 10. The molecule has 0 saturated carbocycles. The minimum absolute atomic E-state index is 0.894. The van der Waals surface area contributed by atoms with Gasteiger partial charge in [0, 0.05) is 0 Å². The van der Waals surface area contributed by atoms with Crippen LogP contribution in [0.1, 0.15) is 78.1 Å². The van der Waals surface area contributed by atoms with Gasteiger partial charge in [0.25, 0.3) is 0 Å². The lowest BCUT2D eigenvalue weighted by molar-refractivity contribution is 0.441. The van der Waals surface area contributed by atoms with Gasteiger partial charge in [-0.3, -0.25) is 0 Å². The highest BCUT2D eigenvalue weighted by Gasteiger charge is 2.01. The summed E-state index contributed by atoms with van der Waals surface area (Å²) in [5.74, 6) is 0.894. The molecule has 1 atom stereocenters. The summed E-state index contributed by atoms with van der Waals surface area (Å²) in [6, 6.07) is 0. The number of hydrogen-bond acceptors (Lipinski definition) is 0. The second kappa shape index (κ2) is 11.1. The fraction of sp³-hybridized carbons (Fsp3) is 0.929. The minimum Gasteiger partial charge on any atom is -0.0654 e. The molecular weight excluding hydrogens is 168 g/mol. The van der Waals surface area contributed by atoms with Gasteiger partial charge in [-0.05, 0) is 5.92 Å². The molecule has 0 fully saturated rings. The zero-order chi connectivity index (χ0) is 10.6. The van der Waals surface area contributed by atoms with Crippen molar-refractivity contribution in [2.24, 2.45) is 5.92 Å². The van der Waals surface area contributed by atoms with Crippen molar-refractivity contribution in [3.63, 3.8) is 0 Å². The molecular formula is C14H29. The van der Waals surface area contributed by atoms with Crippen LogP contribution in [-0.4, -0.2) is 0 Å². The van der Waals surface area contributed by atoms with E-state index in [1.807, 2.05) is 0 Å². The lowest BCUT2D eigenvalue weighted by Gasteiger charge is -2.11. The third kappa shape index (κ3) is 8.59. The SMILES string of the molecule is [CH2]CC(CC)CCCCCCCCC. The van der Waals surface area contributed by atoms with Crippen LogP contribution in [-0.2, 0) is 0 Å². The Hall–Kier alpha value is 0. The first-order valence-electron chi connectivity index (χ1n) is 6.64. The Bertz CT molecular complexity index is 92.2. The van der Waals surface area contributed by atoms with Crippen molar-refractivity contribution in [2.45, 2.75) is 78.1 Å². The Labute approximate surface area is 91.5 Å². The molecule has 0 spiro atoms. The van der Waals surface area contributed by atoms with Gasteiger partial charge in [0.1, 0.15) is 0 Å². The summed E-state index contributed by atoms with van der Waals surface area (Å²) in [6.45, 7) is 8.56. The Morgan fingerprint density at radius 2 is 1.43 bits per heavy atom.